The number of hydrogen-bond acceptors (Lipinski definition) is 4. The molecule has 1 amide bonds. The van der Waals surface area contributed by atoms with E-state index in [-0.39, 0.29) is 10.8 Å². The Morgan fingerprint density at radius 3 is 2.54 bits per heavy atom. The van der Waals surface area contributed by atoms with E-state index in [9.17, 15) is 13.2 Å². The van der Waals surface area contributed by atoms with E-state index in [1.54, 1.807) is 36.7 Å². The highest BCUT2D eigenvalue weighted by Gasteiger charge is 2.31. The number of sulfonamides is 1. The number of hydrogen-bond donors (Lipinski definition) is 1. The molecule has 0 saturated carbocycles. The minimum absolute atomic E-state index is 0.195. The van der Waals surface area contributed by atoms with Crippen molar-refractivity contribution in [3.05, 3.63) is 41.7 Å². The normalized spacial score (nSPS) is 15.4. The van der Waals surface area contributed by atoms with Gasteiger partial charge in [0, 0.05) is 25.8 Å². The van der Waals surface area contributed by atoms with E-state index in [1.165, 1.54) is 10.4 Å². The van der Waals surface area contributed by atoms with Gasteiger partial charge in [-0.1, -0.05) is 18.6 Å². The van der Waals surface area contributed by atoms with Crippen LogP contribution in [0.2, 0.25) is 0 Å². The summed E-state index contributed by atoms with van der Waals surface area (Å²) in [5, 5.41) is 2.83. The van der Waals surface area contributed by atoms with Crippen LogP contribution in [0.25, 0.3) is 0 Å². The van der Waals surface area contributed by atoms with Gasteiger partial charge in [0.25, 0.3) is 5.91 Å². The summed E-state index contributed by atoms with van der Waals surface area (Å²) in [4.78, 5) is 13.1. The number of nitrogens with zero attached hydrogens (tertiary/aromatic N) is 2. The van der Waals surface area contributed by atoms with E-state index in [1.807, 2.05) is 13.0 Å². The number of benzene rings is 1. The highest BCUT2D eigenvalue weighted by atomic mass is 32.2. The molecular weight excluding hydrogens is 378 g/mol. The molecule has 152 valence electrons. The second-order valence-electron chi connectivity index (χ2n) is 6.89. The molecule has 0 aliphatic carbocycles. The van der Waals surface area contributed by atoms with Crippen LogP contribution in [0.3, 0.4) is 0 Å². The lowest BCUT2D eigenvalue weighted by molar-refractivity contribution is 0.101. The van der Waals surface area contributed by atoms with Crippen molar-refractivity contribution in [3.63, 3.8) is 0 Å². The van der Waals surface area contributed by atoms with Crippen LogP contribution in [0.1, 0.15) is 42.4 Å². The van der Waals surface area contributed by atoms with Gasteiger partial charge in [-0.15, -0.1) is 0 Å². The van der Waals surface area contributed by atoms with Crippen LogP contribution in [-0.4, -0.2) is 42.9 Å². The van der Waals surface area contributed by atoms with Crippen LogP contribution >= 0.6 is 0 Å². The second kappa shape index (κ2) is 8.36. The van der Waals surface area contributed by atoms with Crippen molar-refractivity contribution in [3.8, 4) is 5.75 Å². The highest BCUT2D eigenvalue weighted by Crippen LogP contribution is 2.28. The molecular formula is C20H27N3O4S. The number of piperidine rings is 1. The molecule has 0 spiro atoms. The molecule has 0 radical (unpaired) electrons. The lowest BCUT2D eigenvalue weighted by Gasteiger charge is -2.25. The summed E-state index contributed by atoms with van der Waals surface area (Å²) in [7, 11) is -1.91. The summed E-state index contributed by atoms with van der Waals surface area (Å²) in [6, 6.07) is 8.64. The molecule has 28 heavy (non-hydrogen) atoms. The number of para-hydroxylation sites is 2. The van der Waals surface area contributed by atoms with Gasteiger partial charge in [-0.2, -0.15) is 4.31 Å². The Labute approximate surface area is 166 Å². The smallest absolute Gasteiger partial charge is 0.272 e. The molecule has 7 nitrogen and oxygen atoms in total. The predicted molar refractivity (Wildman–Crippen MR) is 108 cm³/mol. The van der Waals surface area contributed by atoms with Crippen molar-refractivity contribution < 1.29 is 17.9 Å². The van der Waals surface area contributed by atoms with Gasteiger partial charge >= 0.3 is 0 Å². The summed E-state index contributed by atoms with van der Waals surface area (Å²) in [5.41, 5.74) is 1.39. The van der Waals surface area contributed by atoms with Gasteiger partial charge in [0.05, 0.1) is 12.3 Å². The molecule has 1 N–H and O–H groups in total. The van der Waals surface area contributed by atoms with E-state index in [0.29, 0.717) is 42.5 Å². The Kier molecular flexibility index (Phi) is 6.10. The molecule has 1 saturated heterocycles. The van der Waals surface area contributed by atoms with Gasteiger partial charge in [0.2, 0.25) is 10.0 Å². The Morgan fingerprint density at radius 1 is 1.18 bits per heavy atom. The topological polar surface area (TPSA) is 80.6 Å². The molecule has 0 bridgehead atoms. The summed E-state index contributed by atoms with van der Waals surface area (Å²) in [5.74, 6) is 0.197. The number of aromatic nitrogens is 1. The zero-order chi connectivity index (χ0) is 20.3. The average Bonchev–Trinajstić information content (AvgIpc) is 3.00. The van der Waals surface area contributed by atoms with Crippen molar-refractivity contribution in [1.29, 1.82) is 0 Å². The maximum atomic E-state index is 13.1. The third-order valence-electron chi connectivity index (χ3n) is 5.09. The molecule has 2 heterocycles. The standard InChI is InChI=1S/C20H27N3O4S/c1-4-27-18-11-7-6-10-16(18)21-20(24)17-14-19(15(2)22(17)3)28(25,26)23-12-8-5-9-13-23/h6-7,10-11,14H,4-5,8-9,12-13H2,1-3H3,(H,21,24). The van der Waals surface area contributed by atoms with Crippen LogP contribution in [0.5, 0.6) is 5.75 Å². The van der Waals surface area contributed by atoms with Gasteiger partial charge < -0.3 is 14.6 Å². The number of carbonyl (C=O) groups excluding carboxylic acids is 1. The summed E-state index contributed by atoms with van der Waals surface area (Å²) < 4.78 is 34.8. The Balaban J connectivity index is 1.90. The molecule has 1 aromatic carbocycles. The fourth-order valence-electron chi connectivity index (χ4n) is 3.43. The fourth-order valence-corrected chi connectivity index (χ4v) is 5.22. The molecule has 2 aromatic rings. The van der Waals surface area contributed by atoms with Gasteiger partial charge in [-0.25, -0.2) is 8.42 Å². The number of nitrogens with one attached hydrogen (secondary N) is 1. The first-order valence-electron chi connectivity index (χ1n) is 9.56. The number of rotatable bonds is 6. The summed E-state index contributed by atoms with van der Waals surface area (Å²) in [6.45, 7) is 5.13. The first-order valence-corrected chi connectivity index (χ1v) is 11.0. The van der Waals surface area contributed by atoms with Crippen molar-refractivity contribution in [2.75, 3.05) is 25.0 Å². The van der Waals surface area contributed by atoms with E-state index < -0.39 is 10.0 Å². The molecule has 3 rings (SSSR count). The lowest BCUT2D eigenvalue weighted by atomic mass is 10.2. The van der Waals surface area contributed by atoms with Gasteiger partial charge in [0.1, 0.15) is 16.3 Å². The average molecular weight is 406 g/mol. The van der Waals surface area contributed by atoms with E-state index in [0.717, 1.165) is 19.3 Å². The van der Waals surface area contributed by atoms with Gasteiger partial charge in [-0.05, 0) is 44.9 Å². The quantitative estimate of drug-likeness (QED) is 0.800. The van der Waals surface area contributed by atoms with E-state index >= 15 is 0 Å². The minimum atomic E-state index is -3.61. The first-order chi connectivity index (χ1) is 13.4. The number of amides is 1. The van der Waals surface area contributed by atoms with Gasteiger partial charge in [-0.3, -0.25) is 4.79 Å². The van der Waals surface area contributed by atoms with Gasteiger partial charge in [0.15, 0.2) is 0 Å². The Bertz CT molecular complexity index is 960. The third-order valence-corrected chi connectivity index (χ3v) is 7.10. The maximum Gasteiger partial charge on any atom is 0.272 e. The Hall–Kier alpha value is -2.32. The van der Waals surface area contributed by atoms with Crippen LogP contribution in [0.15, 0.2) is 35.2 Å². The molecule has 1 aromatic heterocycles. The maximum absolute atomic E-state index is 13.1. The highest BCUT2D eigenvalue weighted by molar-refractivity contribution is 7.89. The second-order valence-corrected chi connectivity index (χ2v) is 8.79. The van der Waals surface area contributed by atoms with Crippen molar-refractivity contribution >= 4 is 21.6 Å². The van der Waals surface area contributed by atoms with Crippen molar-refractivity contribution in [2.24, 2.45) is 7.05 Å². The molecule has 1 aliphatic heterocycles. The number of carbonyl (C=O) groups is 1. The van der Waals surface area contributed by atoms with Crippen LogP contribution in [-0.2, 0) is 17.1 Å². The molecule has 1 aliphatic rings. The molecule has 8 heteroatoms. The lowest BCUT2D eigenvalue weighted by Crippen LogP contribution is -2.35. The SMILES string of the molecule is CCOc1ccccc1NC(=O)c1cc(S(=O)(=O)N2CCCCC2)c(C)n1C. The largest absolute Gasteiger partial charge is 0.492 e. The number of ether oxygens (including phenoxy) is 1. The predicted octanol–water partition coefficient (Wildman–Crippen LogP) is 3.16. The van der Waals surface area contributed by atoms with Crippen molar-refractivity contribution in [1.82, 2.24) is 8.87 Å². The zero-order valence-corrected chi connectivity index (χ0v) is 17.4. The van der Waals surface area contributed by atoms with Crippen molar-refractivity contribution in [2.45, 2.75) is 38.0 Å². The van der Waals surface area contributed by atoms with E-state index in [2.05, 4.69) is 5.32 Å². The Morgan fingerprint density at radius 2 is 1.86 bits per heavy atom. The number of anilines is 1. The summed E-state index contributed by atoms with van der Waals surface area (Å²) in [6.07, 6.45) is 2.78. The monoisotopic (exact) mass is 405 g/mol. The van der Waals surface area contributed by atoms with Crippen LogP contribution < -0.4 is 10.1 Å². The summed E-state index contributed by atoms with van der Waals surface area (Å²) >= 11 is 0. The van der Waals surface area contributed by atoms with Crippen LogP contribution in [0, 0.1) is 6.92 Å². The van der Waals surface area contributed by atoms with Crippen LogP contribution in [0.4, 0.5) is 5.69 Å². The third kappa shape index (κ3) is 3.93. The first kappa shape index (κ1) is 20.4. The molecule has 0 unspecified atom stereocenters. The minimum Gasteiger partial charge on any atom is -0.492 e. The zero-order valence-electron chi connectivity index (χ0n) is 16.6. The molecule has 1 fully saturated rings. The molecule has 0 atom stereocenters. The fraction of sp³-hybridized carbons (Fsp3) is 0.450. The van der Waals surface area contributed by atoms with E-state index in [4.69, 9.17) is 4.74 Å².